The lowest BCUT2D eigenvalue weighted by Crippen LogP contribution is -2.33. The molecule has 2 aromatic rings. The first kappa shape index (κ1) is 12.6. The molecule has 0 bridgehead atoms. The van der Waals surface area contributed by atoms with Crippen molar-refractivity contribution < 1.29 is 9.53 Å². The van der Waals surface area contributed by atoms with Gasteiger partial charge in [0, 0.05) is 18.0 Å². The van der Waals surface area contributed by atoms with E-state index in [9.17, 15) is 4.79 Å². The minimum absolute atomic E-state index is 0.307. The number of hydrogen-bond donors (Lipinski definition) is 1. The van der Waals surface area contributed by atoms with Crippen molar-refractivity contribution in [3.05, 3.63) is 54.1 Å². The van der Waals surface area contributed by atoms with Gasteiger partial charge in [-0.2, -0.15) is 5.01 Å². The van der Waals surface area contributed by atoms with E-state index in [2.05, 4.69) is 15.4 Å². The Balaban J connectivity index is 1.90. The van der Waals surface area contributed by atoms with E-state index in [1.807, 2.05) is 24.3 Å². The summed E-state index contributed by atoms with van der Waals surface area (Å²) in [5, 5.41) is 1.78. The van der Waals surface area contributed by atoms with Crippen molar-refractivity contribution in [1.29, 1.82) is 0 Å². The summed E-state index contributed by atoms with van der Waals surface area (Å²) < 4.78 is 4.90. The van der Waals surface area contributed by atoms with Crippen molar-refractivity contribution in [2.24, 2.45) is 0 Å². The van der Waals surface area contributed by atoms with Crippen LogP contribution in [-0.4, -0.2) is 28.1 Å². The molecule has 1 aromatic heterocycles. The maximum atomic E-state index is 12.0. The van der Waals surface area contributed by atoms with Crippen LogP contribution in [0.25, 0.3) is 0 Å². The van der Waals surface area contributed by atoms with Gasteiger partial charge in [0.05, 0.1) is 19.3 Å². The van der Waals surface area contributed by atoms with Crippen LogP contribution in [0.2, 0.25) is 0 Å². The number of nitrogens with one attached hydrogen (secondary N) is 1. The zero-order chi connectivity index (χ0) is 13.9. The summed E-state index contributed by atoms with van der Waals surface area (Å²) >= 11 is 0. The van der Waals surface area contributed by atoms with E-state index in [4.69, 9.17) is 4.74 Å². The molecule has 1 aromatic carbocycles. The summed E-state index contributed by atoms with van der Waals surface area (Å²) in [7, 11) is 1.39. The standard InChI is InChI=1S/C14H14N4O2/c1-20-14(19)13-10-5-2-3-6-11(10)17-18(13)9-12-15-7-4-8-16-12/h2-8,13,17H,9H2,1H3. The Morgan fingerprint density at radius 2 is 2.05 bits per heavy atom. The molecule has 1 aliphatic heterocycles. The normalized spacial score (nSPS) is 17.4. The van der Waals surface area contributed by atoms with Gasteiger partial charge in [0.1, 0.15) is 5.82 Å². The molecule has 2 heterocycles. The average molecular weight is 270 g/mol. The van der Waals surface area contributed by atoms with Crippen LogP contribution in [0, 0.1) is 0 Å². The lowest BCUT2D eigenvalue weighted by atomic mass is 10.1. The molecule has 0 spiro atoms. The number of fused-ring (bicyclic) bond motifs is 1. The Bertz CT molecular complexity index is 618. The zero-order valence-electron chi connectivity index (χ0n) is 11.0. The van der Waals surface area contributed by atoms with Gasteiger partial charge in [-0.05, 0) is 12.1 Å². The molecular weight excluding hydrogens is 256 g/mol. The molecule has 0 saturated carbocycles. The van der Waals surface area contributed by atoms with E-state index in [0.717, 1.165) is 11.3 Å². The number of rotatable bonds is 3. The van der Waals surface area contributed by atoms with Crippen molar-refractivity contribution in [2.75, 3.05) is 12.5 Å². The predicted molar refractivity (Wildman–Crippen MR) is 72.4 cm³/mol. The first-order valence-corrected chi connectivity index (χ1v) is 6.25. The highest BCUT2D eigenvalue weighted by Crippen LogP contribution is 2.36. The summed E-state index contributed by atoms with van der Waals surface area (Å²) in [5.74, 6) is 0.333. The van der Waals surface area contributed by atoms with Gasteiger partial charge in [0.25, 0.3) is 0 Å². The number of hydrazine groups is 1. The van der Waals surface area contributed by atoms with Crippen LogP contribution in [0.15, 0.2) is 42.7 Å². The zero-order valence-corrected chi connectivity index (χ0v) is 11.0. The molecule has 0 aliphatic carbocycles. The van der Waals surface area contributed by atoms with Gasteiger partial charge in [0.15, 0.2) is 6.04 Å². The molecule has 1 N–H and O–H groups in total. The Hall–Kier alpha value is -2.47. The van der Waals surface area contributed by atoms with Gasteiger partial charge in [-0.25, -0.2) is 14.8 Å². The molecule has 1 unspecified atom stereocenters. The predicted octanol–water partition coefficient (Wildman–Crippen LogP) is 1.53. The fraction of sp³-hybridized carbons (Fsp3) is 0.214. The number of carbonyl (C=O) groups is 1. The number of methoxy groups -OCH3 is 1. The van der Waals surface area contributed by atoms with Gasteiger partial charge < -0.3 is 10.2 Å². The second kappa shape index (κ2) is 5.26. The first-order chi connectivity index (χ1) is 9.79. The van der Waals surface area contributed by atoms with Gasteiger partial charge >= 0.3 is 5.97 Å². The molecule has 0 saturated heterocycles. The summed E-state index contributed by atoms with van der Waals surface area (Å²) in [5.41, 5.74) is 5.00. The minimum Gasteiger partial charge on any atom is -0.468 e. The smallest absolute Gasteiger partial charge is 0.329 e. The van der Waals surface area contributed by atoms with Crippen LogP contribution in [0.3, 0.4) is 0 Å². The van der Waals surface area contributed by atoms with Crippen LogP contribution in [0.4, 0.5) is 5.69 Å². The minimum atomic E-state index is -0.486. The summed E-state index contributed by atoms with van der Waals surface area (Å²) in [4.78, 5) is 20.4. The van der Waals surface area contributed by atoms with Gasteiger partial charge in [-0.3, -0.25) is 0 Å². The molecule has 3 rings (SSSR count). The molecule has 0 fully saturated rings. The summed E-state index contributed by atoms with van der Waals surface area (Å²) in [6.07, 6.45) is 3.36. The van der Waals surface area contributed by atoms with Crippen molar-refractivity contribution in [3.63, 3.8) is 0 Å². The fourth-order valence-corrected chi connectivity index (χ4v) is 2.29. The number of carbonyl (C=O) groups excluding carboxylic acids is 1. The third-order valence-corrected chi connectivity index (χ3v) is 3.19. The third-order valence-electron chi connectivity index (χ3n) is 3.19. The number of nitrogens with zero attached hydrogens (tertiary/aromatic N) is 3. The number of para-hydroxylation sites is 1. The van der Waals surface area contributed by atoms with Gasteiger partial charge in [-0.1, -0.05) is 18.2 Å². The number of ether oxygens (including phenoxy) is 1. The average Bonchev–Trinajstić information content (AvgIpc) is 2.85. The van der Waals surface area contributed by atoms with E-state index in [1.165, 1.54) is 7.11 Å². The van der Waals surface area contributed by atoms with Crippen LogP contribution in [-0.2, 0) is 16.1 Å². The van der Waals surface area contributed by atoms with Crippen LogP contribution in [0.5, 0.6) is 0 Å². The number of esters is 1. The number of benzene rings is 1. The molecule has 1 atom stereocenters. The topological polar surface area (TPSA) is 67.3 Å². The quantitative estimate of drug-likeness (QED) is 0.853. The molecule has 6 heteroatoms. The van der Waals surface area contributed by atoms with Crippen LogP contribution < -0.4 is 5.43 Å². The van der Waals surface area contributed by atoms with Crippen LogP contribution >= 0.6 is 0 Å². The first-order valence-electron chi connectivity index (χ1n) is 6.25. The Kier molecular flexibility index (Phi) is 3.30. The molecule has 20 heavy (non-hydrogen) atoms. The second-order valence-corrected chi connectivity index (χ2v) is 4.42. The highest BCUT2D eigenvalue weighted by molar-refractivity contribution is 5.82. The summed E-state index contributed by atoms with van der Waals surface area (Å²) in [6, 6.07) is 8.93. The Morgan fingerprint density at radius 3 is 2.80 bits per heavy atom. The van der Waals surface area contributed by atoms with E-state index in [1.54, 1.807) is 23.5 Å². The van der Waals surface area contributed by atoms with Crippen molar-refractivity contribution in [3.8, 4) is 0 Å². The fourth-order valence-electron chi connectivity index (χ4n) is 2.29. The molecule has 0 amide bonds. The molecule has 0 radical (unpaired) electrons. The lowest BCUT2D eigenvalue weighted by Gasteiger charge is -2.21. The molecule has 6 nitrogen and oxygen atoms in total. The highest BCUT2D eigenvalue weighted by atomic mass is 16.5. The van der Waals surface area contributed by atoms with E-state index in [0.29, 0.717) is 12.4 Å². The molecular formula is C14H14N4O2. The largest absolute Gasteiger partial charge is 0.468 e. The lowest BCUT2D eigenvalue weighted by molar-refractivity contribution is -0.146. The summed E-state index contributed by atoms with van der Waals surface area (Å²) in [6.45, 7) is 0.412. The van der Waals surface area contributed by atoms with Crippen molar-refractivity contribution in [1.82, 2.24) is 15.0 Å². The SMILES string of the molecule is COC(=O)C1c2ccccc2NN1Cc1ncccn1. The molecule has 102 valence electrons. The maximum Gasteiger partial charge on any atom is 0.329 e. The van der Waals surface area contributed by atoms with Crippen LogP contribution in [0.1, 0.15) is 17.4 Å². The van der Waals surface area contributed by atoms with Gasteiger partial charge in [-0.15, -0.1) is 0 Å². The maximum absolute atomic E-state index is 12.0. The van der Waals surface area contributed by atoms with Crippen molar-refractivity contribution in [2.45, 2.75) is 12.6 Å². The van der Waals surface area contributed by atoms with Gasteiger partial charge in [0.2, 0.25) is 0 Å². The highest BCUT2D eigenvalue weighted by Gasteiger charge is 2.36. The Morgan fingerprint density at radius 1 is 1.30 bits per heavy atom. The number of anilines is 1. The molecule has 1 aliphatic rings. The van der Waals surface area contributed by atoms with Crippen molar-refractivity contribution >= 4 is 11.7 Å². The number of aromatic nitrogens is 2. The van der Waals surface area contributed by atoms with E-state index < -0.39 is 6.04 Å². The van der Waals surface area contributed by atoms with E-state index in [-0.39, 0.29) is 5.97 Å². The van der Waals surface area contributed by atoms with E-state index >= 15 is 0 Å². The third kappa shape index (κ3) is 2.21. The Labute approximate surface area is 116 Å². The number of hydrogen-bond acceptors (Lipinski definition) is 6. The monoisotopic (exact) mass is 270 g/mol. The second-order valence-electron chi connectivity index (χ2n) is 4.42.